The summed E-state index contributed by atoms with van der Waals surface area (Å²) in [4.78, 5) is 6.67. The largest absolute Gasteiger partial charge is 0.451 e. The molecule has 0 bridgehead atoms. The summed E-state index contributed by atoms with van der Waals surface area (Å²) in [5, 5.41) is 8.09. The molecule has 0 radical (unpaired) electrons. The first-order valence-corrected chi connectivity index (χ1v) is 8.10. The maximum absolute atomic E-state index is 13.0. The summed E-state index contributed by atoms with van der Waals surface area (Å²) >= 11 is 0. The summed E-state index contributed by atoms with van der Waals surface area (Å²) in [5.41, 5.74) is 2.82. The Hall–Kier alpha value is -2.64. The third-order valence-electron chi connectivity index (χ3n) is 4.46. The Balaban J connectivity index is 1.75. The molecule has 25 heavy (non-hydrogen) atoms. The predicted molar refractivity (Wildman–Crippen MR) is 87.2 cm³/mol. The molecule has 3 heterocycles. The van der Waals surface area contributed by atoms with Gasteiger partial charge in [0.2, 0.25) is 5.82 Å². The lowest BCUT2D eigenvalue weighted by atomic mass is 10.1. The van der Waals surface area contributed by atoms with E-state index in [0.29, 0.717) is 18.9 Å². The monoisotopic (exact) mass is 347 g/mol. The van der Waals surface area contributed by atoms with Gasteiger partial charge in [0.05, 0.1) is 12.1 Å². The first-order chi connectivity index (χ1) is 12.0. The van der Waals surface area contributed by atoms with Crippen LogP contribution < -0.4 is 4.90 Å². The fraction of sp³-hybridized carbons (Fsp3) is 0.353. The normalized spacial score (nSPS) is 14.8. The Labute approximate surface area is 142 Å². The molecule has 1 aliphatic heterocycles. The number of halogens is 3. The van der Waals surface area contributed by atoms with Crippen molar-refractivity contribution in [1.29, 1.82) is 0 Å². The predicted octanol–water partition coefficient (Wildman–Crippen LogP) is 3.43. The molecule has 1 aliphatic rings. The third kappa shape index (κ3) is 2.71. The van der Waals surface area contributed by atoms with E-state index in [9.17, 15) is 13.2 Å². The number of para-hydroxylation sites is 1. The molecule has 3 aromatic rings. The van der Waals surface area contributed by atoms with Crippen molar-refractivity contribution in [1.82, 2.24) is 19.7 Å². The highest BCUT2D eigenvalue weighted by atomic mass is 19.4. The van der Waals surface area contributed by atoms with Gasteiger partial charge in [-0.25, -0.2) is 0 Å². The lowest BCUT2D eigenvalue weighted by molar-refractivity contribution is -0.147. The maximum Gasteiger partial charge on any atom is 0.451 e. The fourth-order valence-corrected chi connectivity index (χ4v) is 3.23. The van der Waals surface area contributed by atoms with Crippen molar-refractivity contribution in [3.05, 3.63) is 47.7 Å². The van der Waals surface area contributed by atoms with Crippen molar-refractivity contribution >= 4 is 16.6 Å². The minimum Gasteiger partial charge on any atom is -0.362 e. The molecule has 130 valence electrons. The summed E-state index contributed by atoms with van der Waals surface area (Å²) < 4.78 is 40.1. The van der Waals surface area contributed by atoms with Crippen LogP contribution in [0.4, 0.5) is 18.9 Å². The number of hydrogen-bond acceptors (Lipinski definition) is 4. The van der Waals surface area contributed by atoms with E-state index >= 15 is 0 Å². The van der Waals surface area contributed by atoms with Gasteiger partial charge in [0, 0.05) is 29.9 Å². The number of nitrogens with zero attached hydrogens (tertiary/aromatic N) is 5. The van der Waals surface area contributed by atoms with Gasteiger partial charge >= 0.3 is 6.18 Å². The minimum absolute atomic E-state index is 0.204. The zero-order chi connectivity index (χ0) is 17.6. The summed E-state index contributed by atoms with van der Waals surface area (Å²) in [6.45, 7) is 2.99. The van der Waals surface area contributed by atoms with E-state index in [4.69, 9.17) is 0 Å². The molecule has 5 nitrogen and oxygen atoms in total. The number of hydrogen-bond donors (Lipinski definition) is 0. The third-order valence-corrected chi connectivity index (χ3v) is 4.46. The average molecular weight is 347 g/mol. The van der Waals surface area contributed by atoms with Crippen LogP contribution in [0.25, 0.3) is 10.9 Å². The van der Waals surface area contributed by atoms with Gasteiger partial charge in [-0.1, -0.05) is 25.1 Å². The van der Waals surface area contributed by atoms with Crippen molar-refractivity contribution in [2.24, 2.45) is 0 Å². The van der Waals surface area contributed by atoms with E-state index in [1.165, 1.54) is 4.57 Å². The Morgan fingerprint density at radius 3 is 2.68 bits per heavy atom. The zero-order valence-electron chi connectivity index (χ0n) is 13.6. The Kier molecular flexibility index (Phi) is 3.63. The first kappa shape index (κ1) is 15.9. The standard InChI is InChI=1S/C17H16F3N5/c1-2-11-9-14(12-5-3-4-6-13(12)21-11)24-7-8-25-15(10-24)22-23-16(25)17(18,19)20/h3-6,9H,2,7-8,10H2,1H3. The van der Waals surface area contributed by atoms with Crippen LogP contribution >= 0.6 is 0 Å². The fourth-order valence-electron chi connectivity index (χ4n) is 3.23. The SMILES string of the molecule is CCc1cc(N2CCn3c(nnc3C(F)(F)F)C2)c2ccccc2n1. The molecule has 0 saturated carbocycles. The summed E-state index contributed by atoms with van der Waals surface area (Å²) in [5.74, 6) is -0.589. The molecule has 0 saturated heterocycles. The molecule has 2 aromatic heterocycles. The smallest absolute Gasteiger partial charge is 0.362 e. The van der Waals surface area contributed by atoms with Crippen LogP contribution in [0.3, 0.4) is 0 Å². The Morgan fingerprint density at radius 1 is 1.12 bits per heavy atom. The van der Waals surface area contributed by atoms with Crippen molar-refractivity contribution in [2.45, 2.75) is 32.6 Å². The average Bonchev–Trinajstić information content (AvgIpc) is 3.04. The molecular weight excluding hydrogens is 331 g/mol. The molecule has 0 spiro atoms. The Bertz CT molecular complexity index is 932. The van der Waals surface area contributed by atoms with Crippen LogP contribution in [0, 0.1) is 0 Å². The maximum atomic E-state index is 13.0. The first-order valence-electron chi connectivity index (χ1n) is 8.10. The van der Waals surface area contributed by atoms with Gasteiger partial charge in [0.25, 0.3) is 0 Å². The van der Waals surface area contributed by atoms with E-state index in [2.05, 4.69) is 15.2 Å². The van der Waals surface area contributed by atoms with Crippen molar-refractivity contribution in [2.75, 3.05) is 11.4 Å². The van der Waals surface area contributed by atoms with E-state index in [0.717, 1.165) is 28.7 Å². The van der Waals surface area contributed by atoms with Crippen molar-refractivity contribution in [3.8, 4) is 0 Å². The van der Waals surface area contributed by atoms with E-state index in [1.807, 2.05) is 42.2 Å². The number of alkyl halides is 3. The molecular formula is C17H16F3N5. The number of fused-ring (bicyclic) bond motifs is 2. The highest BCUT2D eigenvalue weighted by molar-refractivity contribution is 5.92. The van der Waals surface area contributed by atoms with Gasteiger partial charge in [0.1, 0.15) is 0 Å². The van der Waals surface area contributed by atoms with Crippen LogP contribution in [-0.4, -0.2) is 26.3 Å². The number of pyridine rings is 1. The van der Waals surface area contributed by atoms with Crippen LogP contribution in [0.1, 0.15) is 24.3 Å². The van der Waals surface area contributed by atoms with Gasteiger partial charge < -0.3 is 9.47 Å². The number of aryl methyl sites for hydroxylation is 1. The van der Waals surface area contributed by atoms with Gasteiger partial charge in [-0.3, -0.25) is 4.98 Å². The van der Waals surface area contributed by atoms with Crippen LogP contribution in [0.15, 0.2) is 30.3 Å². The summed E-state index contributed by atoms with van der Waals surface area (Å²) in [7, 11) is 0. The lowest BCUT2D eigenvalue weighted by Gasteiger charge is -2.31. The van der Waals surface area contributed by atoms with E-state index in [-0.39, 0.29) is 6.54 Å². The number of benzene rings is 1. The molecule has 8 heteroatoms. The highest BCUT2D eigenvalue weighted by Gasteiger charge is 2.39. The topological polar surface area (TPSA) is 46.8 Å². The number of rotatable bonds is 2. The Morgan fingerprint density at radius 2 is 1.92 bits per heavy atom. The number of anilines is 1. The van der Waals surface area contributed by atoms with Gasteiger partial charge in [-0.15, -0.1) is 10.2 Å². The van der Waals surface area contributed by atoms with Crippen molar-refractivity contribution < 1.29 is 13.2 Å². The van der Waals surface area contributed by atoms with Gasteiger partial charge in [0.15, 0.2) is 5.82 Å². The molecule has 0 unspecified atom stereocenters. The second-order valence-electron chi connectivity index (χ2n) is 6.01. The van der Waals surface area contributed by atoms with Gasteiger partial charge in [-0.2, -0.15) is 13.2 Å². The second-order valence-corrected chi connectivity index (χ2v) is 6.01. The highest BCUT2D eigenvalue weighted by Crippen LogP contribution is 2.32. The molecule has 0 fully saturated rings. The quantitative estimate of drug-likeness (QED) is 0.713. The second kappa shape index (κ2) is 5.72. The molecule has 0 atom stereocenters. The molecule has 0 amide bonds. The summed E-state index contributed by atoms with van der Waals surface area (Å²) in [6.07, 6.45) is -3.69. The molecule has 0 aliphatic carbocycles. The van der Waals surface area contributed by atoms with Crippen molar-refractivity contribution in [3.63, 3.8) is 0 Å². The molecule has 4 rings (SSSR count). The van der Waals surface area contributed by atoms with Gasteiger partial charge in [-0.05, 0) is 18.6 Å². The molecule has 0 N–H and O–H groups in total. The zero-order valence-corrected chi connectivity index (χ0v) is 13.6. The van der Waals surface area contributed by atoms with E-state index in [1.54, 1.807) is 0 Å². The summed E-state index contributed by atoms with van der Waals surface area (Å²) in [6, 6.07) is 9.82. The molecule has 1 aromatic carbocycles. The van der Waals surface area contributed by atoms with Crippen LogP contribution in [0.5, 0.6) is 0 Å². The van der Waals surface area contributed by atoms with Crippen LogP contribution in [0.2, 0.25) is 0 Å². The number of aromatic nitrogens is 4. The minimum atomic E-state index is -4.48. The lowest BCUT2D eigenvalue weighted by Crippen LogP contribution is -2.35. The van der Waals surface area contributed by atoms with Crippen LogP contribution in [-0.2, 0) is 25.7 Å². The van der Waals surface area contributed by atoms with E-state index < -0.39 is 12.0 Å².